The number of para-hydroxylation sites is 2. The summed E-state index contributed by atoms with van der Waals surface area (Å²) in [5.74, 6) is 2.88. The van der Waals surface area contributed by atoms with Crippen LogP contribution in [0, 0.1) is 0 Å². The molecule has 0 fully saturated rings. The summed E-state index contributed by atoms with van der Waals surface area (Å²) in [5, 5.41) is 15.7. The Morgan fingerprint density at radius 3 is 2.19 bits per heavy atom. The minimum absolute atomic E-state index is 0.727. The predicted octanol–water partition coefficient (Wildman–Crippen LogP) is 5.89. The van der Waals surface area contributed by atoms with E-state index < -0.39 is 5.66 Å². The van der Waals surface area contributed by atoms with Crippen LogP contribution in [0.2, 0.25) is 0 Å². The number of benzene rings is 4. The van der Waals surface area contributed by atoms with Gasteiger partial charge in [0.25, 0.3) is 5.82 Å². The third-order valence-corrected chi connectivity index (χ3v) is 9.86. The molecule has 7 heteroatoms. The predicted molar refractivity (Wildman–Crippen MR) is 158 cm³/mol. The lowest BCUT2D eigenvalue weighted by atomic mass is 9.83. The van der Waals surface area contributed by atoms with Crippen LogP contribution in [0.5, 0.6) is 11.5 Å². The molecular weight excluding hydrogens is 520 g/mol. The molecule has 7 nitrogen and oxygen atoms in total. The number of hydrogen-bond acceptors (Lipinski definition) is 3. The van der Waals surface area contributed by atoms with E-state index in [-0.39, 0.29) is 0 Å². The molecule has 8 heterocycles. The third-order valence-electron chi connectivity index (χ3n) is 9.86. The molecule has 1 spiro atoms. The van der Waals surface area contributed by atoms with Gasteiger partial charge in [0.2, 0.25) is 5.52 Å². The van der Waals surface area contributed by atoms with Crippen molar-refractivity contribution in [3.8, 4) is 17.3 Å². The Morgan fingerprint density at radius 2 is 1.31 bits per heavy atom. The Bertz CT molecular complexity index is 2790. The van der Waals surface area contributed by atoms with E-state index in [0.29, 0.717) is 0 Å². The van der Waals surface area contributed by atoms with Crippen LogP contribution in [-0.4, -0.2) is 19.3 Å². The second kappa shape index (κ2) is 6.24. The van der Waals surface area contributed by atoms with Crippen molar-refractivity contribution in [2.45, 2.75) is 5.66 Å². The van der Waals surface area contributed by atoms with Gasteiger partial charge in [0, 0.05) is 39.1 Å². The van der Waals surface area contributed by atoms with E-state index in [1.54, 1.807) is 0 Å². The van der Waals surface area contributed by atoms with E-state index in [4.69, 9.17) is 4.74 Å². The summed E-state index contributed by atoms with van der Waals surface area (Å²) >= 11 is 0. The van der Waals surface area contributed by atoms with Gasteiger partial charge < -0.3 is 4.74 Å². The van der Waals surface area contributed by atoms with Crippen molar-refractivity contribution in [2.75, 3.05) is 0 Å². The van der Waals surface area contributed by atoms with Crippen molar-refractivity contribution in [1.29, 1.82) is 0 Å². The third kappa shape index (κ3) is 1.81. The van der Waals surface area contributed by atoms with Crippen molar-refractivity contribution in [3.05, 3.63) is 121 Å². The van der Waals surface area contributed by atoms with E-state index in [1.165, 1.54) is 27.2 Å². The summed E-state index contributed by atoms with van der Waals surface area (Å²) in [5.41, 5.74) is 7.40. The highest BCUT2D eigenvalue weighted by atomic mass is 16.5. The van der Waals surface area contributed by atoms with Gasteiger partial charge in [0.05, 0.1) is 24.0 Å². The molecule has 0 saturated heterocycles. The summed E-state index contributed by atoms with van der Waals surface area (Å²) < 4.78 is 16.7. The zero-order valence-corrected chi connectivity index (χ0v) is 22.0. The topological polar surface area (TPSA) is 52.1 Å². The number of fused-ring (bicyclic) bond motifs is 11. The number of nitrogens with zero attached hydrogens (tertiary/aromatic N) is 6. The number of ether oxygens (including phenoxy) is 1. The van der Waals surface area contributed by atoms with Crippen molar-refractivity contribution in [1.82, 2.24) is 19.3 Å². The Hall–Kier alpha value is -5.82. The van der Waals surface area contributed by atoms with E-state index in [1.807, 2.05) is 12.4 Å². The number of pyridine rings is 2. The Balaban J connectivity index is 1.48. The van der Waals surface area contributed by atoms with E-state index in [9.17, 15) is 0 Å². The van der Waals surface area contributed by atoms with Crippen LogP contribution in [0.25, 0.3) is 65.7 Å². The second-order valence-corrected chi connectivity index (χ2v) is 11.5. The molecule has 42 heavy (non-hydrogen) atoms. The standard InChI is InChI=1S/C35H18N6O/c1-3-9-25-19(7-1)20-12-14-27-30-33(20)39(25)29-11-5-6-16-38(29)35(30)31-28(42-27)15-13-21-23-17-36-37-18-24(23)32-22-8-2-4-10-26(22)41(35)40(32)34(21)31/h1-18H/q+2. The Labute approximate surface area is 236 Å². The molecule has 0 aliphatic carbocycles. The molecule has 4 aromatic carbocycles. The van der Waals surface area contributed by atoms with E-state index in [0.717, 1.165) is 61.2 Å². The van der Waals surface area contributed by atoms with Gasteiger partial charge in [-0.05, 0) is 53.2 Å². The van der Waals surface area contributed by atoms with Gasteiger partial charge in [-0.15, -0.1) is 4.52 Å². The summed E-state index contributed by atoms with van der Waals surface area (Å²) in [7, 11) is 0. The highest BCUT2D eigenvalue weighted by molar-refractivity contribution is 6.19. The van der Waals surface area contributed by atoms with Crippen LogP contribution in [0.15, 0.2) is 110 Å². The fraction of sp³-hybridized carbons (Fsp3) is 0.0286. The number of aromatic nitrogens is 6. The summed E-state index contributed by atoms with van der Waals surface area (Å²) in [6.07, 6.45) is 6.05. The van der Waals surface area contributed by atoms with Crippen molar-refractivity contribution >= 4 is 59.9 Å². The normalized spacial score (nSPS) is 17.3. The zero-order chi connectivity index (χ0) is 26.9. The van der Waals surface area contributed by atoms with Crippen LogP contribution in [0.1, 0.15) is 11.1 Å². The molecule has 192 valence electrons. The van der Waals surface area contributed by atoms with Crippen molar-refractivity contribution < 1.29 is 14.0 Å². The molecule has 1 unspecified atom stereocenters. The molecule has 0 bridgehead atoms. The van der Waals surface area contributed by atoms with Gasteiger partial charge in [-0.25, -0.2) is 0 Å². The maximum Gasteiger partial charge on any atom is 0.398 e. The quantitative estimate of drug-likeness (QED) is 0.179. The smallest absolute Gasteiger partial charge is 0.398 e. The van der Waals surface area contributed by atoms with E-state index >= 15 is 0 Å². The minimum Gasteiger partial charge on any atom is -0.456 e. The zero-order valence-electron chi connectivity index (χ0n) is 22.0. The SMILES string of the molecule is c1cc[n+]2c(c1)-n1c3ccccc3c3ccc4c(c31)C21c2c(ccc3c5cnncc5c5c6ccccc6[n+]1n5c23)O4. The van der Waals surface area contributed by atoms with Gasteiger partial charge in [-0.2, -0.15) is 19.3 Å². The maximum absolute atomic E-state index is 6.88. The highest BCUT2D eigenvalue weighted by Gasteiger charge is 2.68. The van der Waals surface area contributed by atoms with Crippen LogP contribution >= 0.6 is 0 Å². The number of hydrogen-bond donors (Lipinski definition) is 0. The van der Waals surface area contributed by atoms with Gasteiger partial charge in [0.15, 0.2) is 16.6 Å². The van der Waals surface area contributed by atoms with Crippen molar-refractivity contribution in [3.63, 3.8) is 0 Å². The van der Waals surface area contributed by atoms with Gasteiger partial charge in [0.1, 0.15) is 28.0 Å². The summed E-state index contributed by atoms with van der Waals surface area (Å²) in [4.78, 5) is 0. The molecule has 9 aromatic rings. The Morgan fingerprint density at radius 1 is 0.595 bits per heavy atom. The number of rotatable bonds is 0. The molecule has 1 atom stereocenters. The molecule has 0 radical (unpaired) electrons. The first kappa shape index (κ1) is 20.1. The molecule has 0 saturated carbocycles. The first-order chi connectivity index (χ1) is 20.9. The minimum atomic E-state index is -0.727. The molecular formula is C35H18N6O+2. The van der Waals surface area contributed by atoms with Crippen molar-refractivity contribution in [2.24, 2.45) is 0 Å². The lowest BCUT2D eigenvalue weighted by Crippen LogP contribution is -2.76. The largest absolute Gasteiger partial charge is 0.456 e. The average molecular weight is 539 g/mol. The maximum atomic E-state index is 6.88. The molecule has 3 aliphatic heterocycles. The lowest BCUT2D eigenvalue weighted by Gasteiger charge is -2.33. The van der Waals surface area contributed by atoms with E-state index in [2.05, 4.69) is 126 Å². The first-order valence-electron chi connectivity index (χ1n) is 14.2. The molecule has 5 aromatic heterocycles. The van der Waals surface area contributed by atoms with Crippen LogP contribution in [-0.2, 0) is 5.66 Å². The van der Waals surface area contributed by atoms with Crippen LogP contribution in [0.4, 0.5) is 0 Å². The Kier molecular flexibility index (Phi) is 2.99. The first-order valence-corrected chi connectivity index (χ1v) is 14.2. The lowest BCUT2D eigenvalue weighted by molar-refractivity contribution is -0.980. The fourth-order valence-electron chi connectivity index (χ4n) is 8.51. The molecule has 0 N–H and O–H groups in total. The van der Waals surface area contributed by atoms with Gasteiger partial charge in [-0.1, -0.05) is 30.3 Å². The van der Waals surface area contributed by atoms with Gasteiger partial charge in [-0.3, -0.25) is 0 Å². The van der Waals surface area contributed by atoms with Crippen LogP contribution < -0.4 is 14.0 Å². The average Bonchev–Trinajstić information content (AvgIpc) is 3.68. The fourth-order valence-corrected chi connectivity index (χ4v) is 8.51. The summed E-state index contributed by atoms with van der Waals surface area (Å²) in [6, 6.07) is 32.7. The highest BCUT2D eigenvalue weighted by Crippen LogP contribution is 2.56. The molecule has 0 amide bonds. The molecule has 12 rings (SSSR count). The molecule has 3 aliphatic rings. The van der Waals surface area contributed by atoms with Gasteiger partial charge >= 0.3 is 5.66 Å². The van der Waals surface area contributed by atoms with Crippen LogP contribution in [0.3, 0.4) is 0 Å². The summed E-state index contributed by atoms with van der Waals surface area (Å²) in [6.45, 7) is 0. The second-order valence-electron chi connectivity index (χ2n) is 11.5. The monoisotopic (exact) mass is 538 g/mol.